The highest BCUT2D eigenvalue weighted by molar-refractivity contribution is 6.46. The molecule has 0 aromatic heterocycles. The second kappa shape index (κ2) is 12.1. The molecule has 35 heavy (non-hydrogen) atoms. The van der Waals surface area contributed by atoms with Crippen LogP contribution in [-0.4, -0.2) is 56.5 Å². The molecule has 1 atom stereocenters. The maximum absolute atomic E-state index is 13.6. The van der Waals surface area contributed by atoms with Gasteiger partial charge in [-0.15, -0.1) is 0 Å². The van der Waals surface area contributed by atoms with Crippen molar-refractivity contribution in [2.75, 3.05) is 39.9 Å². The smallest absolute Gasteiger partial charge is 0.295 e. The topological polar surface area (TPSA) is 83.3 Å². The van der Waals surface area contributed by atoms with Crippen molar-refractivity contribution in [3.63, 3.8) is 0 Å². The summed E-state index contributed by atoms with van der Waals surface area (Å²) in [7, 11) is 1.48. The van der Waals surface area contributed by atoms with Gasteiger partial charge in [0.15, 0.2) is 0 Å². The van der Waals surface area contributed by atoms with E-state index in [0.717, 1.165) is 26.1 Å². The lowest BCUT2D eigenvalue weighted by Gasteiger charge is -2.28. The Labute approximate surface area is 211 Å². The van der Waals surface area contributed by atoms with Gasteiger partial charge in [-0.05, 0) is 56.2 Å². The highest BCUT2D eigenvalue weighted by Crippen LogP contribution is 2.40. The van der Waals surface area contributed by atoms with Crippen molar-refractivity contribution < 1.29 is 29.1 Å². The van der Waals surface area contributed by atoms with Crippen LogP contribution >= 0.6 is 11.6 Å². The van der Waals surface area contributed by atoms with Crippen LogP contribution in [0.15, 0.2) is 48.0 Å². The van der Waals surface area contributed by atoms with Gasteiger partial charge in [-0.1, -0.05) is 35.6 Å². The minimum atomic E-state index is -0.772. The van der Waals surface area contributed by atoms with Gasteiger partial charge < -0.3 is 24.4 Å². The first-order valence-electron chi connectivity index (χ1n) is 12.0. The molecule has 1 heterocycles. The van der Waals surface area contributed by atoms with Crippen LogP contribution in [0.1, 0.15) is 44.4 Å². The molecular weight excluding hydrogens is 468 g/mol. The Kier molecular flexibility index (Phi) is 9.18. The molecule has 1 aliphatic rings. The molecule has 1 aliphatic heterocycles. The number of nitrogens with zero attached hydrogens (tertiary/aromatic N) is 1. The zero-order valence-corrected chi connectivity index (χ0v) is 21.5. The number of nitrogens with one attached hydrogen (secondary N) is 1. The van der Waals surface area contributed by atoms with Gasteiger partial charge in [-0.25, -0.2) is 0 Å². The second-order valence-corrected chi connectivity index (χ2v) is 8.79. The van der Waals surface area contributed by atoms with E-state index < -0.39 is 23.5 Å². The zero-order valence-electron chi connectivity index (χ0n) is 20.7. The highest BCUT2D eigenvalue weighted by atomic mass is 35.5. The van der Waals surface area contributed by atoms with E-state index in [9.17, 15) is 14.7 Å². The number of likely N-dealkylation sites (tertiary alicyclic amines) is 1. The number of ketones is 1. The van der Waals surface area contributed by atoms with E-state index in [1.165, 1.54) is 23.0 Å². The van der Waals surface area contributed by atoms with Crippen LogP contribution in [0.2, 0.25) is 5.02 Å². The number of Topliss-reactive ketones (excluding diaryl/α,β-unsaturated/α-hetero) is 1. The van der Waals surface area contributed by atoms with Crippen molar-refractivity contribution >= 4 is 29.1 Å². The van der Waals surface area contributed by atoms with Crippen molar-refractivity contribution in [1.82, 2.24) is 4.90 Å². The number of halogens is 1. The first kappa shape index (κ1) is 26.6. The zero-order chi connectivity index (χ0) is 25.5. The molecule has 8 heteroatoms. The van der Waals surface area contributed by atoms with Gasteiger partial charge in [0.2, 0.25) is 5.78 Å². The minimum absolute atomic E-state index is 0.0596. The van der Waals surface area contributed by atoms with Gasteiger partial charge in [0.1, 0.15) is 11.5 Å². The number of benzene rings is 2. The number of ether oxygens (including phenoxy) is 2. The van der Waals surface area contributed by atoms with Crippen LogP contribution < -0.4 is 19.5 Å². The Hall–Kier alpha value is -3.03. The average Bonchev–Trinajstić information content (AvgIpc) is 3.11. The molecule has 1 fully saturated rings. The van der Waals surface area contributed by atoms with E-state index in [1.54, 1.807) is 36.4 Å². The van der Waals surface area contributed by atoms with Crippen LogP contribution in [0.25, 0.3) is 5.76 Å². The maximum atomic E-state index is 13.6. The summed E-state index contributed by atoms with van der Waals surface area (Å²) in [5, 5.41) is 13.8. The van der Waals surface area contributed by atoms with Gasteiger partial charge in [-0.3, -0.25) is 9.59 Å². The minimum Gasteiger partial charge on any atom is -0.872 e. The summed E-state index contributed by atoms with van der Waals surface area (Å²) in [4.78, 5) is 29.2. The number of methoxy groups -OCH3 is 1. The maximum Gasteiger partial charge on any atom is 0.295 e. The van der Waals surface area contributed by atoms with E-state index in [2.05, 4.69) is 13.8 Å². The Balaban J connectivity index is 2.04. The Morgan fingerprint density at radius 2 is 1.77 bits per heavy atom. The van der Waals surface area contributed by atoms with E-state index in [4.69, 9.17) is 21.1 Å². The SMILES string of the molecule is CCOc1ccc(C2/C(=C(\[O-])c3ccc(OC)c(Cl)c3)C(=O)C(=O)N2CCC[NH+](CC)CC)cc1. The van der Waals surface area contributed by atoms with Gasteiger partial charge in [0.25, 0.3) is 5.91 Å². The lowest BCUT2D eigenvalue weighted by molar-refractivity contribution is -0.896. The summed E-state index contributed by atoms with van der Waals surface area (Å²) in [6.45, 7) is 9.89. The summed E-state index contributed by atoms with van der Waals surface area (Å²) in [6, 6.07) is 11.0. The Morgan fingerprint density at radius 3 is 2.34 bits per heavy atom. The first-order chi connectivity index (χ1) is 16.9. The summed E-state index contributed by atoms with van der Waals surface area (Å²) >= 11 is 6.24. The fourth-order valence-electron chi connectivity index (χ4n) is 4.43. The molecule has 1 unspecified atom stereocenters. The molecule has 3 rings (SSSR count). The summed E-state index contributed by atoms with van der Waals surface area (Å²) in [5.41, 5.74) is 0.860. The third kappa shape index (κ3) is 5.80. The Bertz CT molecular complexity index is 1080. The van der Waals surface area contributed by atoms with Crippen molar-refractivity contribution in [1.29, 1.82) is 0 Å². The fraction of sp³-hybridized carbons (Fsp3) is 0.407. The molecule has 0 radical (unpaired) electrons. The van der Waals surface area contributed by atoms with E-state index in [1.807, 2.05) is 6.92 Å². The standard InChI is InChI=1S/C27H33ClN2O5/c1-5-29(6-2)15-8-16-30-24(18-9-12-20(13-10-18)35-7-3)23(26(32)27(30)33)25(31)19-11-14-22(34-4)21(28)17-19/h9-14,17,24,31H,5-8,15-16H2,1-4H3/b25-23+. The van der Waals surface area contributed by atoms with Crippen LogP contribution in [-0.2, 0) is 9.59 Å². The molecule has 0 saturated carbocycles. The van der Waals surface area contributed by atoms with Crippen molar-refractivity contribution in [3.8, 4) is 11.5 Å². The molecule has 2 aromatic rings. The van der Waals surface area contributed by atoms with Gasteiger partial charge in [0.05, 0.1) is 44.4 Å². The summed E-state index contributed by atoms with van der Waals surface area (Å²) in [5.74, 6) is -0.829. The Morgan fingerprint density at radius 1 is 1.09 bits per heavy atom. The monoisotopic (exact) mass is 500 g/mol. The highest BCUT2D eigenvalue weighted by Gasteiger charge is 2.44. The molecule has 0 bridgehead atoms. The predicted octanol–water partition coefficient (Wildman–Crippen LogP) is 2.29. The quantitative estimate of drug-likeness (QED) is 0.291. The van der Waals surface area contributed by atoms with E-state index in [-0.39, 0.29) is 16.2 Å². The molecule has 7 nitrogen and oxygen atoms in total. The van der Waals surface area contributed by atoms with Crippen molar-refractivity contribution in [2.24, 2.45) is 0 Å². The second-order valence-electron chi connectivity index (χ2n) is 8.39. The molecule has 1 N–H and O–H groups in total. The van der Waals surface area contributed by atoms with Crippen LogP contribution in [0.4, 0.5) is 0 Å². The van der Waals surface area contributed by atoms with Crippen LogP contribution in [0, 0.1) is 0 Å². The number of hydrogen-bond acceptors (Lipinski definition) is 5. The number of carbonyl (C=O) groups excluding carboxylic acids is 2. The fourth-order valence-corrected chi connectivity index (χ4v) is 4.68. The van der Waals surface area contributed by atoms with Crippen molar-refractivity contribution in [2.45, 2.75) is 33.2 Å². The molecule has 0 spiro atoms. The number of hydrogen-bond donors (Lipinski definition) is 1. The third-order valence-electron chi connectivity index (χ3n) is 6.38. The van der Waals surface area contributed by atoms with E-state index in [0.29, 0.717) is 30.2 Å². The number of rotatable bonds is 11. The van der Waals surface area contributed by atoms with Crippen LogP contribution in [0.3, 0.4) is 0 Å². The molecule has 1 saturated heterocycles. The largest absolute Gasteiger partial charge is 0.872 e. The summed E-state index contributed by atoms with van der Waals surface area (Å²) in [6.07, 6.45) is 0.722. The van der Waals surface area contributed by atoms with Gasteiger partial charge in [-0.2, -0.15) is 0 Å². The molecule has 2 aromatic carbocycles. The number of quaternary nitrogens is 1. The number of carbonyl (C=O) groups is 2. The molecule has 188 valence electrons. The molecular formula is C27H33ClN2O5. The number of amides is 1. The normalized spacial score (nSPS) is 17.3. The lowest BCUT2D eigenvalue weighted by Crippen LogP contribution is -3.11. The predicted molar refractivity (Wildman–Crippen MR) is 134 cm³/mol. The average molecular weight is 501 g/mol. The molecule has 0 aliphatic carbocycles. The van der Waals surface area contributed by atoms with Gasteiger partial charge in [0, 0.05) is 18.5 Å². The van der Waals surface area contributed by atoms with E-state index >= 15 is 0 Å². The lowest BCUT2D eigenvalue weighted by atomic mass is 9.95. The van der Waals surface area contributed by atoms with Gasteiger partial charge >= 0.3 is 0 Å². The first-order valence-corrected chi connectivity index (χ1v) is 12.4. The van der Waals surface area contributed by atoms with Crippen LogP contribution in [0.5, 0.6) is 11.5 Å². The van der Waals surface area contributed by atoms with Crippen molar-refractivity contribution in [3.05, 3.63) is 64.2 Å². The third-order valence-corrected chi connectivity index (χ3v) is 6.68. The molecule has 1 amide bonds. The summed E-state index contributed by atoms with van der Waals surface area (Å²) < 4.78 is 10.7.